The van der Waals surface area contributed by atoms with Crippen LogP contribution in [0.4, 0.5) is 0 Å². The molecule has 1 aliphatic rings. The lowest BCUT2D eigenvalue weighted by Gasteiger charge is -2.20. The summed E-state index contributed by atoms with van der Waals surface area (Å²) in [4.78, 5) is 11.4. The summed E-state index contributed by atoms with van der Waals surface area (Å²) < 4.78 is 10.9. The van der Waals surface area contributed by atoms with Crippen LogP contribution in [-0.2, 0) is 0 Å². The van der Waals surface area contributed by atoms with Gasteiger partial charge in [0.15, 0.2) is 17.3 Å². The molecular weight excluding hydrogens is 306 g/mol. The molecule has 1 aromatic rings. The summed E-state index contributed by atoms with van der Waals surface area (Å²) in [5, 5.41) is 13.6. The van der Waals surface area contributed by atoms with Crippen molar-refractivity contribution in [2.45, 2.75) is 57.6 Å². The lowest BCUT2D eigenvalue weighted by atomic mass is 10.1. The zero-order valence-electron chi connectivity index (χ0n) is 14.7. The van der Waals surface area contributed by atoms with Crippen LogP contribution in [0.25, 0.3) is 0 Å². The SMILES string of the molecule is COc1cc(C(C)=O)ccc1OCC(O)CNC1CCCCCC1. The van der Waals surface area contributed by atoms with Gasteiger partial charge in [-0.05, 0) is 38.0 Å². The molecule has 1 aliphatic carbocycles. The number of rotatable bonds is 8. The van der Waals surface area contributed by atoms with Crippen molar-refractivity contribution in [3.8, 4) is 11.5 Å². The summed E-state index contributed by atoms with van der Waals surface area (Å²) in [5.41, 5.74) is 0.578. The van der Waals surface area contributed by atoms with E-state index >= 15 is 0 Å². The Morgan fingerprint density at radius 1 is 1.25 bits per heavy atom. The van der Waals surface area contributed by atoms with Gasteiger partial charge in [0, 0.05) is 18.2 Å². The Balaban J connectivity index is 1.80. The van der Waals surface area contributed by atoms with E-state index < -0.39 is 6.10 Å². The highest BCUT2D eigenvalue weighted by atomic mass is 16.5. The minimum absolute atomic E-state index is 0.0208. The minimum Gasteiger partial charge on any atom is -0.493 e. The Labute approximate surface area is 144 Å². The van der Waals surface area contributed by atoms with Crippen LogP contribution in [-0.4, -0.2) is 43.3 Å². The van der Waals surface area contributed by atoms with Gasteiger partial charge in [-0.2, -0.15) is 0 Å². The lowest BCUT2D eigenvalue weighted by molar-refractivity contribution is 0.0999. The first-order valence-electron chi connectivity index (χ1n) is 8.83. The van der Waals surface area contributed by atoms with Crippen LogP contribution < -0.4 is 14.8 Å². The summed E-state index contributed by atoms with van der Waals surface area (Å²) >= 11 is 0. The third-order valence-corrected chi connectivity index (χ3v) is 4.50. The molecular formula is C19H29NO4. The number of carbonyl (C=O) groups excluding carboxylic acids is 1. The topological polar surface area (TPSA) is 67.8 Å². The predicted octanol–water partition coefficient (Wildman–Crippen LogP) is 2.95. The second-order valence-corrected chi connectivity index (χ2v) is 6.48. The Kier molecular flexibility index (Phi) is 7.53. The number of benzene rings is 1. The van der Waals surface area contributed by atoms with Crippen molar-refractivity contribution in [1.29, 1.82) is 0 Å². The van der Waals surface area contributed by atoms with E-state index in [9.17, 15) is 9.90 Å². The molecule has 2 rings (SSSR count). The molecule has 1 unspecified atom stereocenters. The van der Waals surface area contributed by atoms with E-state index in [1.807, 2.05) is 0 Å². The Morgan fingerprint density at radius 2 is 1.96 bits per heavy atom. The van der Waals surface area contributed by atoms with Gasteiger partial charge in [-0.15, -0.1) is 0 Å². The van der Waals surface area contributed by atoms with Gasteiger partial charge in [-0.25, -0.2) is 0 Å². The number of ketones is 1. The first kappa shape index (κ1) is 18.7. The fourth-order valence-electron chi connectivity index (χ4n) is 3.04. The maximum Gasteiger partial charge on any atom is 0.161 e. The van der Waals surface area contributed by atoms with E-state index in [2.05, 4.69) is 5.32 Å². The zero-order chi connectivity index (χ0) is 17.4. The van der Waals surface area contributed by atoms with Crippen LogP contribution in [0.15, 0.2) is 18.2 Å². The third-order valence-electron chi connectivity index (χ3n) is 4.50. The van der Waals surface area contributed by atoms with E-state index in [0.29, 0.717) is 29.6 Å². The smallest absolute Gasteiger partial charge is 0.161 e. The van der Waals surface area contributed by atoms with E-state index in [0.717, 1.165) is 0 Å². The standard InChI is InChI=1S/C19H29NO4/c1-14(21)15-9-10-18(19(11-15)23-2)24-13-17(22)12-20-16-7-5-3-4-6-8-16/h9-11,16-17,20,22H,3-8,12-13H2,1-2H3. The monoisotopic (exact) mass is 335 g/mol. The Bertz CT molecular complexity index is 524. The molecule has 2 N–H and O–H groups in total. The Hall–Kier alpha value is -1.59. The summed E-state index contributed by atoms with van der Waals surface area (Å²) in [6, 6.07) is 5.58. The number of Topliss-reactive ketones (excluding diaryl/α,β-unsaturated/α-hetero) is 1. The van der Waals surface area contributed by atoms with E-state index in [-0.39, 0.29) is 12.4 Å². The third kappa shape index (κ3) is 5.80. The van der Waals surface area contributed by atoms with Crippen LogP contribution in [0.2, 0.25) is 0 Å². The van der Waals surface area contributed by atoms with Gasteiger partial charge in [0.05, 0.1) is 7.11 Å². The van der Waals surface area contributed by atoms with Gasteiger partial charge in [0.25, 0.3) is 0 Å². The molecule has 1 fully saturated rings. The zero-order valence-corrected chi connectivity index (χ0v) is 14.7. The number of aliphatic hydroxyl groups is 1. The van der Waals surface area contributed by atoms with Gasteiger partial charge in [0.1, 0.15) is 12.7 Å². The summed E-state index contributed by atoms with van der Waals surface area (Å²) in [5.74, 6) is 1.02. The molecule has 0 radical (unpaired) electrons. The first-order chi connectivity index (χ1) is 11.6. The molecule has 5 nitrogen and oxygen atoms in total. The van der Waals surface area contributed by atoms with E-state index in [1.165, 1.54) is 52.6 Å². The van der Waals surface area contributed by atoms with Gasteiger partial charge in [-0.1, -0.05) is 25.7 Å². The normalized spacial score (nSPS) is 17.1. The Morgan fingerprint density at radius 3 is 2.58 bits per heavy atom. The molecule has 0 bridgehead atoms. The van der Waals surface area contributed by atoms with Crippen molar-refractivity contribution in [3.63, 3.8) is 0 Å². The second kappa shape index (κ2) is 9.64. The number of hydrogen-bond donors (Lipinski definition) is 2. The summed E-state index contributed by atoms with van der Waals surface area (Å²) in [6.07, 6.45) is 6.97. The van der Waals surface area contributed by atoms with Crippen LogP contribution in [0.1, 0.15) is 55.8 Å². The number of methoxy groups -OCH3 is 1. The molecule has 0 saturated heterocycles. The molecule has 1 aromatic carbocycles. The summed E-state index contributed by atoms with van der Waals surface area (Å²) in [7, 11) is 1.54. The number of ether oxygens (including phenoxy) is 2. The highest BCUT2D eigenvalue weighted by Gasteiger charge is 2.15. The quantitative estimate of drug-likeness (QED) is 0.565. The number of aliphatic hydroxyl groups excluding tert-OH is 1. The highest BCUT2D eigenvalue weighted by Crippen LogP contribution is 2.28. The molecule has 0 spiro atoms. The molecule has 0 amide bonds. The second-order valence-electron chi connectivity index (χ2n) is 6.48. The maximum absolute atomic E-state index is 11.4. The van der Waals surface area contributed by atoms with E-state index in [4.69, 9.17) is 9.47 Å². The van der Waals surface area contributed by atoms with Crippen molar-refractivity contribution in [1.82, 2.24) is 5.32 Å². The number of carbonyl (C=O) groups is 1. The minimum atomic E-state index is -0.578. The van der Waals surface area contributed by atoms with Gasteiger partial charge < -0.3 is 19.9 Å². The molecule has 134 valence electrons. The molecule has 5 heteroatoms. The van der Waals surface area contributed by atoms with Crippen LogP contribution in [0, 0.1) is 0 Å². The summed E-state index contributed by atoms with van der Waals surface area (Å²) in [6.45, 7) is 2.23. The van der Waals surface area contributed by atoms with Gasteiger partial charge in [0.2, 0.25) is 0 Å². The average molecular weight is 335 g/mol. The molecule has 0 aromatic heterocycles. The predicted molar refractivity (Wildman–Crippen MR) is 94.0 cm³/mol. The number of nitrogens with one attached hydrogen (secondary N) is 1. The maximum atomic E-state index is 11.4. The van der Waals surface area contributed by atoms with Crippen molar-refractivity contribution in [2.24, 2.45) is 0 Å². The fraction of sp³-hybridized carbons (Fsp3) is 0.632. The van der Waals surface area contributed by atoms with Crippen molar-refractivity contribution in [3.05, 3.63) is 23.8 Å². The van der Waals surface area contributed by atoms with Crippen LogP contribution in [0.5, 0.6) is 11.5 Å². The molecule has 0 aliphatic heterocycles. The molecule has 0 heterocycles. The first-order valence-corrected chi connectivity index (χ1v) is 8.83. The van der Waals surface area contributed by atoms with Crippen LogP contribution in [0.3, 0.4) is 0 Å². The van der Waals surface area contributed by atoms with Crippen molar-refractivity contribution >= 4 is 5.78 Å². The molecule has 1 atom stereocenters. The fourth-order valence-corrected chi connectivity index (χ4v) is 3.04. The highest BCUT2D eigenvalue weighted by molar-refractivity contribution is 5.94. The average Bonchev–Trinajstić information content (AvgIpc) is 2.86. The van der Waals surface area contributed by atoms with Gasteiger partial charge in [-0.3, -0.25) is 4.79 Å². The van der Waals surface area contributed by atoms with Crippen LogP contribution >= 0.6 is 0 Å². The van der Waals surface area contributed by atoms with Gasteiger partial charge >= 0.3 is 0 Å². The van der Waals surface area contributed by atoms with Crippen molar-refractivity contribution < 1.29 is 19.4 Å². The molecule has 24 heavy (non-hydrogen) atoms. The number of hydrogen-bond acceptors (Lipinski definition) is 5. The molecule has 1 saturated carbocycles. The lowest BCUT2D eigenvalue weighted by Crippen LogP contribution is -2.37. The van der Waals surface area contributed by atoms with Crippen molar-refractivity contribution in [2.75, 3.05) is 20.3 Å². The largest absolute Gasteiger partial charge is 0.493 e. The van der Waals surface area contributed by atoms with E-state index in [1.54, 1.807) is 18.2 Å².